The molecule has 1 atom stereocenters. The summed E-state index contributed by atoms with van der Waals surface area (Å²) in [6.45, 7) is -0.558. The van der Waals surface area contributed by atoms with Crippen LogP contribution in [-0.4, -0.2) is 42.6 Å². The number of rotatable bonds is 8. The van der Waals surface area contributed by atoms with E-state index < -0.39 is 30.5 Å². The molecule has 0 unspecified atom stereocenters. The number of nitrogens with zero attached hydrogens (tertiary/aromatic N) is 1. The van der Waals surface area contributed by atoms with Crippen LogP contribution in [0.5, 0.6) is 0 Å². The molecule has 0 aliphatic rings. The lowest BCUT2D eigenvalue weighted by molar-refractivity contribution is -0.145. The predicted molar refractivity (Wildman–Crippen MR) is 134 cm³/mol. The number of carbonyl (C=O) groups is 3. The van der Waals surface area contributed by atoms with E-state index in [2.05, 4.69) is 10.3 Å². The van der Waals surface area contributed by atoms with Crippen LogP contribution < -0.4 is 5.32 Å². The van der Waals surface area contributed by atoms with Gasteiger partial charge in [-0.1, -0.05) is 60.1 Å². The number of amides is 1. The summed E-state index contributed by atoms with van der Waals surface area (Å²) >= 11 is 7.41. The molecule has 0 spiro atoms. The molecule has 7 nitrogen and oxygen atoms in total. The first-order chi connectivity index (χ1) is 16.9. The van der Waals surface area contributed by atoms with Gasteiger partial charge in [-0.3, -0.25) is 4.79 Å². The van der Waals surface area contributed by atoms with E-state index in [1.165, 1.54) is 18.4 Å². The van der Waals surface area contributed by atoms with Gasteiger partial charge in [0.1, 0.15) is 6.04 Å². The zero-order valence-electron chi connectivity index (χ0n) is 18.7. The Labute approximate surface area is 210 Å². The zero-order chi connectivity index (χ0) is 24.8. The number of benzene rings is 2. The molecular weight excluding hydrogens is 488 g/mol. The quantitative estimate of drug-likeness (QED) is 0.347. The van der Waals surface area contributed by atoms with E-state index in [1.54, 1.807) is 30.3 Å². The SMILES string of the molecule is COC(=O)[C@@H](Cc1ccccc1)NC(=O)COC(=O)c1cc(-c2ccc(Cl)s2)nc2ccccc12. The third-order valence-corrected chi connectivity index (χ3v) is 6.45. The Morgan fingerprint density at radius 2 is 1.77 bits per heavy atom. The maximum Gasteiger partial charge on any atom is 0.339 e. The van der Waals surface area contributed by atoms with Crippen LogP contribution in [-0.2, 0) is 25.5 Å². The Balaban J connectivity index is 1.49. The Morgan fingerprint density at radius 3 is 2.49 bits per heavy atom. The lowest BCUT2D eigenvalue weighted by Gasteiger charge is -2.17. The number of carbonyl (C=O) groups excluding carboxylic acids is 3. The molecule has 178 valence electrons. The minimum absolute atomic E-state index is 0.245. The highest BCUT2D eigenvalue weighted by atomic mass is 35.5. The van der Waals surface area contributed by atoms with Gasteiger partial charge in [-0.15, -0.1) is 11.3 Å². The summed E-state index contributed by atoms with van der Waals surface area (Å²) in [5.41, 5.74) is 2.31. The smallest absolute Gasteiger partial charge is 0.339 e. The van der Waals surface area contributed by atoms with Crippen molar-refractivity contribution >= 4 is 51.7 Å². The number of hydrogen-bond acceptors (Lipinski definition) is 7. The van der Waals surface area contributed by atoms with Crippen LogP contribution in [0.1, 0.15) is 15.9 Å². The first kappa shape index (κ1) is 24.4. The van der Waals surface area contributed by atoms with E-state index >= 15 is 0 Å². The molecule has 1 amide bonds. The summed E-state index contributed by atoms with van der Waals surface area (Å²) in [5, 5.41) is 3.18. The first-order valence-corrected chi connectivity index (χ1v) is 11.9. The van der Waals surface area contributed by atoms with Crippen molar-refractivity contribution in [2.45, 2.75) is 12.5 Å². The maximum atomic E-state index is 13.0. The summed E-state index contributed by atoms with van der Waals surface area (Å²) in [6.07, 6.45) is 0.245. The van der Waals surface area contributed by atoms with Crippen molar-refractivity contribution in [3.63, 3.8) is 0 Å². The Kier molecular flexibility index (Phi) is 7.74. The fourth-order valence-corrected chi connectivity index (χ4v) is 4.56. The van der Waals surface area contributed by atoms with Gasteiger partial charge in [-0.25, -0.2) is 14.6 Å². The van der Waals surface area contributed by atoms with Gasteiger partial charge in [0.25, 0.3) is 5.91 Å². The molecule has 2 aromatic carbocycles. The number of aromatic nitrogens is 1. The standard InChI is InChI=1S/C26H21ClN2O5S/c1-33-26(32)21(13-16-7-3-2-4-8-16)29-24(30)15-34-25(31)18-14-20(22-11-12-23(27)35-22)28-19-10-6-5-9-17(18)19/h2-12,14,21H,13,15H2,1H3,(H,29,30)/t21-/m1/s1. The zero-order valence-corrected chi connectivity index (χ0v) is 20.3. The second-order valence-corrected chi connectivity index (χ2v) is 9.30. The summed E-state index contributed by atoms with van der Waals surface area (Å²) in [7, 11) is 1.25. The van der Waals surface area contributed by atoms with Crippen molar-refractivity contribution in [3.8, 4) is 10.6 Å². The van der Waals surface area contributed by atoms with Crippen molar-refractivity contribution in [1.29, 1.82) is 0 Å². The molecule has 35 heavy (non-hydrogen) atoms. The average molecular weight is 509 g/mol. The van der Waals surface area contributed by atoms with Crippen LogP contribution in [0, 0.1) is 0 Å². The fourth-order valence-electron chi connectivity index (χ4n) is 3.55. The third kappa shape index (κ3) is 6.03. The molecule has 1 N–H and O–H groups in total. The van der Waals surface area contributed by atoms with E-state index in [0.29, 0.717) is 20.9 Å². The number of fused-ring (bicyclic) bond motifs is 1. The number of methoxy groups -OCH3 is 1. The van der Waals surface area contributed by atoms with Crippen LogP contribution in [0.3, 0.4) is 0 Å². The molecule has 0 aliphatic heterocycles. The van der Waals surface area contributed by atoms with Crippen LogP contribution in [0.2, 0.25) is 4.34 Å². The average Bonchev–Trinajstić information content (AvgIpc) is 3.32. The molecule has 4 rings (SSSR count). The van der Waals surface area contributed by atoms with Crippen LogP contribution in [0.4, 0.5) is 0 Å². The summed E-state index contributed by atoms with van der Waals surface area (Å²) in [5.74, 6) is -1.89. The highest BCUT2D eigenvalue weighted by Gasteiger charge is 2.23. The number of nitrogens with one attached hydrogen (secondary N) is 1. The number of pyridine rings is 1. The van der Waals surface area contributed by atoms with Crippen LogP contribution in [0.25, 0.3) is 21.5 Å². The van der Waals surface area contributed by atoms with E-state index in [9.17, 15) is 14.4 Å². The minimum Gasteiger partial charge on any atom is -0.467 e. The maximum absolute atomic E-state index is 13.0. The van der Waals surface area contributed by atoms with Crippen molar-refractivity contribution in [1.82, 2.24) is 10.3 Å². The molecule has 0 saturated carbocycles. The molecule has 0 radical (unpaired) electrons. The second-order valence-electron chi connectivity index (χ2n) is 7.59. The van der Waals surface area contributed by atoms with E-state index in [-0.39, 0.29) is 12.0 Å². The Hall–Kier alpha value is -3.75. The molecule has 2 aromatic heterocycles. The van der Waals surface area contributed by atoms with E-state index in [1.807, 2.05) is 42.5 Å². The molecule has 0 bridgehead atoms. The summed E-state index contributed by atoms with van der Waals surface area (Å²) in [4.78, 5) is 43.1. The van der Waals surface area contributed by atoms with Crippen molar-refractivity contribution in [2.24, 2.45) is 0 Å². The number of esters is 2. The topological polar surface area (TPSA) is 94.6 Å². The molecule has 0 saturated heterocycles. The van der Waals surface area contributed by atoms with E-state index in [4.69, 9.17) is 21.1 Å². The van der Waals surface area contributed by atoms with Crippen LogP contribution >= 0.6 is 22.9 Å². The number of para-hydroxylation sites is 1. The molecule has 2 heterocycles. The molecular formula is C26H21ClN2O5S. The van der Waals surface area contributed by atoms with Crippen molar-refractivity contribution in [2.75, 3.05) is 13.7 Å². The lowest BCUT2D eigenvalue weighted by atomic mass is 10.1. The minimum atomic E-state index is -0.912. The van der Waals surface area contributed by atoms with Gasteiger partial charge in [0.15, 0.2) is 6.61 Å². The Morgan fingerprint density at radius 1 is 1.03 bits per heavy atom. The molecule has 0 aliphatic carbocycles. The van der Waals surface area contributed by atoms with Gasteiger partial charge >= 0.3 is 11.9 Å². The van der Waals surface area contributed by atoms with Gasteiger partial charge in [0, 0.05) is 11.8 Å². The molecule has 4 aromatic rings. The largest absolute Gasteiger partial charge is 0.467 e. The van der Waals surface area contributed by atoms with Gasteiger partial charge in [0.05, 0.1) is 33.1 Å². The molecule has 9 heteroatoms. The van der Waals surface area contributed by atoms with Crippen molar-refractivity contribution < 1.29 is 23.9 Å². The first-order valence-electron chi connectivity index (χ1n) is 10.7. The highest BCUT2D eigenvalue weighted by Crippen LogP contribution is 2.32. The lowest BCUT2D eigenvalue weighted by Crippen LogP contribution is -2.44. The van der Waals surface area contributed by atoms with E-state index in [0.717, 1.165) is 10.4 Å². The number of halogens is 1. The van der Waals surface area contributed by atoms with Crippen molar-refractivity contribution in [3.05, 3.63) is 88.3 Å². The van der Waals surface area contributed by atoms with Gasteiger partial charge < -0.3 is 14.8 Å². The molecule has 0 fully saturated rings. The van der Waals surface area contributed by atoms with Gasteiger partial charge in [0.2, 0.25) is 0 Å². The van der Waals surface area contributed by atoms with Gasteiger partial charge in [-0.05, 0) is 29.8 Å². The second kappa shape index (κ2) is 11.1. The summed E-state index contributed by atoms with van der Waals surface area (Å²) in [6, 6.07) is 20.7. The fraction of sp³-hybridized carbons (Fsp3) is 0.154. The predicted octanol–water partition coefficient (Wildman–Crippen LogP) is 4.67. The highest BCUT2D eigenvalue weighted by molar-refractivity contribution is 7.19. The number of thiophene rings is 1. The Bertz CT molecular complexity index is 1370. The van der Waals surface area contributed by atoms with Crippen LogP contribution in [0.15, 0.2) is 72.8 Å². The normalized spacial score (nSPS) is 11.6. The monoisotopic (exact) mass is 508 g/mol. The summed E-state index contributed by atoms with van der Waals surface area (Å²) < 4.78 is 10.7. The number of hydrogen-bond donors (Lipinski definition) is 1. The van der Waals surface area contributed by atoms with Gasteiger partial charge in [-0.2, -0.15) is 0 Å². The number of ether oxygens (including phenoxy) is 2. The third-order valence-electron chi connectivity index (χ3n) is 5.20.